The minimum atomic E-state index is -0.900. The van der Waals surface area contributed by atoms with E-state index in [2.05, 4.69) is 34.1 Å². The quantitative estimate of drug-likeness (QED) is 0.464. The third kappa shape index (κ3) is 4.65. The summed E-state index contributed by atoms with van der Waals surface area (Å²) in [5.41, 5.74) is 4.91. The van der Waals surface area contributed by atoms with Gasteiger partial charge in [0.2, 0.25) is 0 Å². The number of benzene rings is 3. The molecule has 0 spiro atoms. The fourth-order valence-electron chi connectivity index (χ4n) is 4.66. The summed E-state index contributed by atoms with van der Waals surface area (Å²) >= 11 is 0. The average molecular weight is 438 g/mol. The van der Waals surface area contributed by atoms with Crippen molar-refractivity contribution in [2.24, 2.45) is 0 Å². The Balaban J connectivity index is 1.45. The molecule has 1 saturated heterocycles. The Kier molecular flexibility index (Phi) is 6.15. The zero-order chi connectivity index (χ0) is 22.6. The number of fused-ring (bicyclic) bond motifs is 1. The minimum Gasteiger partial charge on any atom is -0.478 e. The molecule has 1 aromatic heterocycles. The maximum Gasteiger partial charge on any atom is 0.336 e. The van der Waals surface area contributed by atoms with Gasteiger partial charge in [0.05, 0.1) is 16.8 Å². The Morgan fingerprint density at radius 1 is 0.758 bits per heavy atom. The van der Waals surface area contributed by atoms with Gasteiger partial charge >= 0.3 is 5.97 Å². The Hall–Kier alpha value is -3.54. The van der Waals surface area contributed by atoms with Gasteiger partial charge in [-0.05, 0) is 11.6 Å². The first kappa shape index (κ1) is 21.3. The summed E-state index contributed by atoms with van der Waals surface area (Å²) < 4.78 is 0. The van der Waals surface area contributed by atoms with Gasteiger partial charge in [0.25, 0.3) is 0 Å². The first-order valence-electron chi connectivity index (χ1n) is 11.4. The van der Waals surface area contributed by atoms with Gasteiger partial charge in [-0.25, -0.2) is 9.78 Å². The van der Waals surface area contributed by atoms with Crippen molar-refractivity contribution >= 4 is 16.9 Å². The van der Waals surface area contributed by atoms with Crippen LogP contribution in [0.4, 0.5) is 0 Å². The van der Waals surface area contributed by atoms with Gasteiger partial charge in [-0.2, -0.15) is 0 Å². The van der Waals surface area contributed by atoms with Crippen molar-refractivity contribution < 1.29 is 9.90 Å². The van der Waals surface area contributed by atoms with Crippen LogP contribution in [-0.2, 0) is 13.1 Å². The Morgan fingerprint density at radius 2 is 1.33 bits per heavy atom. The van der Waals surface area contributed by atoms with Crippen molar-refractivity contribution in [3.05, 3.63) is 102 Å². The lowest BCUT2D eigenvalue weighted by Crippen LogP contribution is -2.45. The van der Waals surface area contributed by atoms with Crippen molar-refractivity contribution in [2.45, 2.75) is 13.1 Å². The van der Waals surface area contributed by atoms with Crippen LogP contribution >= 0.6 is 0 Å². The molecule has 2 heterocycles. The topological polar surface area (TPSA) is 56.7 Å². The van der Waals surface area contributed by atoms with Crippen molar-refractivity contribution in [1.29, 1.82) is 0 Å². The van der Waals surface area contributed by atoms with Gasteiger partial charge in [-0.3, -0.25) is 9.80 Å². The smallest absolute Gasteiger partial charge is 0.336 e. The van der Waals surface area contributed by atoms with Crippen LogP contribution in [0.3, 0.4) is 0 Å². The number of aromatic carboxylic acids is 1. The molecule has 1 N–H and O–H groups in total. The first-order valence-corrected chi connectivity index (χ1v) is 11.4. The van der Waals surface area contributed by atoms with Gasteiger partial charge in [-0.15, -0.1) is 0 Å². The van der Waals surface area contributed by atoms with E-state index in [4.69, 9.17) is 4.98 Å². The molecule has 4 aromatic rings. The van der Waals surface area contributed by atoms with Crippen LogP contribution in [0.5, 0.6) is 0 Å². The highest BCUT2D eigenvalue weighted by molar-refractivity contribution is 6.05. The Bertz CT molecular complexity index is 1250. The maximum absolute atomic E-state index is 12.5. The van der Waals surface area contributed by atoms with Crippen molar-refractivity contribution in [2.75, 3.05) is 26.2 Å². The lowest BCUT2D eigenvalue weighted by molar-refractivity contribution is 0.0694. The van der Waals surface area contributed by atoms with Gasteiger partial charge < -0.3 is 5.11 Å². The number of para-hydroxylation sites is 1. The number of aromatic nitrogens is 1. The number of nitrogens with zero attached hydrogens (tertiary/aromatic N) is 3. The fourth-order valence-corrected chi connectivity index (χ4v) is 4.66. The fraction of sp³-hybridized carbons (Fsp3) is 0.214. The summed E-state index contributed by atoms with van der Waals surface area (Å²) in [5, 5.41) is 10.9. The molecular weight excluding hydrogens is 410 g/mol. The number of rotatable bonds is 6. The molecular formula is C28H27N3O2. The highest BCUT2D eigenvalue weighted by Crippen LogP contribution is 2.31. The van der Waals surface area contributed by atoms with Crippen LogP contribution < -0.4 is 0 Å². The maximum atomic E-state index is 12.5. The molecule has 5 nitrogen and oxygen atoms in total. The van der Waals surface area contributed by atoms with Crippen molar-refractivity contribution in [3.63, 3.8) is 0 Å². The molecule has 1 aliphatic heterocycles. The largest absolute Gasteiger partial charge is 0.478 e. The third-order valence-electron chi connectivity index (χ3n) is 6.35. The molecule has 166 valence electrons. The number of carboxylic acid groups (broad SMARTS) is 1. The minimum absolute atomic E-state index is 0.367. The van der Waals surface area contributed by atoms with Gasteiger partial charge in [0.15, 0.2) is 0 Å². The molecule has 0 aliphatic carbocycles. The zero-order valence-corrected chi connectivity index (χ0v) is 18.5. The number of hydrogen-bond acceptors (Lipinski definition) is 4. The standard InChI is InChI=1S/C28H27N3O2/c32-28(33)26-23-13-7-8-14-25(23)29-27(22-11-5-2-6-12-22)24(26)20-31-17-15-30(16-18-31)19-21-9-3-1-4-10-21/h1-14H,15-20H2,(H,32,33). The number of carboxylic acids is 1. The molecule has 1 fully saturated rings. The monoisotopic (exact) mass is 437 g/mol. The third-order valence-corrected chi connectivity index (χ3v) is 6.35. The summed E-state index contributed by atoms with van der Waals surface area (Å²) in [7, 11) is 0. The van der Waals surface area contributed by atoms with E-state index in [9.17, 15) is 9.90 Å². The Labute approximate surface area is 193 Å². The highest BCUT2D eigenvalue weighted by Gasteiger charge is 2.25. The van der Waals surface area contributed by atoms with Gasteiger partial charge in [-0.1, -0.05) is 78.9 Å². The van der Waals surface area contributed by atoms with E-state index >= 15 is 0 Å². The van der Waals surface area contributed by atoms with Crippen LogP contribution in [-0.4, -0.2) is 52.0 Å². The summed E-state index contributed by atoms with van der Waals surface area (Å²) in [6.07, 6.45) is 0. The molecule has 3 aromatic carbocycles. The lowest BCUT2D eigenvalue weighted by atomic mass is 9.96. The summed E-state index contributed by atoms with van der Waals surface area (Å²) in [4.78, 5) is 22.2. The predicted molar refractivity (Wildman–Crippen MR) is 131 cm³/mol. The SMILES string of the molecule is O=C(O)c1c(CN2CCN(Cc3ccccc3)CC2)c(-c2ccccc2)nc2ccccc12. The average Bonchev–Trinajstić information content (AvgIpc) is 2.85. The molecule has 5 heteroatoms. The lowest BCUT2D eigenvalue weighted by Gasteiger charge is -2.35. The van der Waals surface area contributed by atoms with E-state index in [-0.39, 0.29) is 0 Å². The van der Waals surface area contributed by atoms with Crippen molar-refractivity contribution in [1.82, 2.24) is 14.8 Å². The van der Waals surface area contributed by atoms with Gasteiger partial charge in [0, 0.05) is 55.8 Å². The second kappa shape index (κ2) is 9.53. The zero-order valence-electron chi connectivity index (χ0n) is 18.5. The highest BCUT2D eigenvalue weighted by atomic mass is 16.4. The van der Waals surface area contributed by atoms with E-state index in [0.717, 1.165) is 49.5 Å². The summed E-state index contributed by atoms with van der Waals surface area (Å²) in [5.74, 6) is -0.900. The van der Waals surface area contributed by atoms with E-state index in [1.807, 2.05) is 60.7 Å². The molecule has 0 atom stereocenters. The van der Waals surface area contributed by atoms with E-state index in [0.29, 0.717) is 23.0 Å². The molecule has 0 amide bonds. The predicted octanol–water partition coefficient (Wildman–Crippen LogP) is 4.92. The van der Waals surface area contributed by atoms with Crippen LogP contribution in [0.1, 0.15) is 21.5 Å². The second-order valence-corrected chi connectivity index (χ2v) is 8.54. The Morgan fingerprint density at radius 3 is 2.00 bits per heavy atom. The van der Waals surface area contributed by atoms with E-state index in [1.54, 1.807) is 0 Å². The first-order chi connectivity index (χ1) is 16.2. The molecule has 0 saturated carbocycles. The summed E-state index contributed by atoms with van der Waals surface area (Å²) in [6, 6.07) is 28.0. The van der Waals surface area contributed by atoms with Crippen LogP contribution in [0, 0.1) is 0 Å². The van der Waals surface area contributed by atoms with Crippen LogP contribution in [0.25, 0.3) is 22.2 Å². The van der Waals surface area contributed by atoms with Crippen LogP contribution in [0.2, 0.25) is 0 Å². The number of carbonyl (C=O) groups is 1. The van der Waals surface area contributed by atoms with Crippen molar-refractivity contribution in [3.8, 4) is 11.3 Å². The summed E-state index contributed by atoms with van der Waals surface area (Å²) in [6.45, 7) is 5.22. The van der Waals surface area contributed by atoms with Crippen LogP contribution in [0.15, 0.2) is 84.9 Å². The molecule has 5 rings (SSSR count). The molecule has 0 radical (unpaired) electrons. The molecule has 0 bridgehead atoms. The number of pyridine rings is 1. The molecule has 33 heavy (non-hydrogen) atoms. The number of piperazine rings is 1. The van der Waals surface area contributed by atoms with E-state index in [1.165, 1.54) is 5.56 Å². The van der Waals surface area contributed by atoms with E-state index < -0.39 is 5.97 Å². The second-order valence-electron chi connectivity index (χ2n) is 8.54. The number of hydrogen-bond donors (Lipinski definition) is 1. The molecule has 0 unspecified atom stereocenters. The van der Waals surface area contributed by atoms with Gasteiger partial charge in [0.1, 0.15) is 0 Å². The normalized spacial score (nSPS) is 15.0. The molecule has 1 aliphatic rings.